The number of nitrogens with one attached hydrogen (secondary N) is 1. The summed E-state index contributed by atoms with van der Waals surface area (Å²) in [6, 6.07) is 10.2. The summed E-state index contributed by atoms with van der Waals surface area (Å²) < 4.78 is 0.711. The lowest BCUT2D eigenvalue weighted by Gasteiger charge is -2.04. The third-order valence-corrected chi connectivity index (χ3v) is 4.87. The largest absolute Gasteiger partial charge is 0.618 e. The zero-order valence-corrected chi connectivity index (χ0v) is 14.5. The fourth-order valence-electron chi connectivity index (χ4n) is 2.00. The zero-order chi connectivity index (χ0) is 17.1. The Balaban J connectivity index is 1.72. The van der Waals surface area contributed by atoms with E-state index in [2.05, 4.69) is 10.3 Å². The van der Waals surface area contributed by atoms with Gasteiger partial charge in [-0.2, -0.15) is 4.73 Å². The number of amides is 1. The molecule has 0 atom stereocenters. The van der Waals surface area contributed by atoms with Crippen LogP contribution in [0, 0.1) is 5.21 Å². The standard InChI is InChI=1S/C16H11Cl2N3O2S/c17-12-5-4-10(7-13(12)18)16-20-14(9-24-16)15(22)19-8-11-3-1-2-6-21(11)23/h1-7,9H,8H2,(H,19,22). The van der Waals surface area contributed by atoms with Crippen molar-refractivity contribution in [1.82, 2.24) is 10.3 Å². The number of nitrogens with zero attached hydrogens (tertiary/aromatic N) is 2. The van der Waals surface area contributed by atoms with Gasteiger partial charge in [0.15, 0.2) is 6.20 Å². The second kappa shape index (κ2) is 7.17. The molecule has 8 heteroatoms. The van der Waals surface area contributed by atoms with E-state index in [0.29, 0.717) is 25.5 Å². The molecule has 0 bridgehead atoms. The third kappa shape index (κ3) is 3.67. The van der Waals surface area contributed by atoms with Crippen LogP contribution in [0.25, 0.3) is 10.6 Å². The Kier molecular flexibility index (Phi) is 4.99. The topological polar surface area (TPSA) is 68.9 Å². The summed E-state index contributed by atoms with van der Waals surface area (Å²) in [5, 5.41) is 17.4. The molecule has 24 heavy (non-hydrogen) atoms. The van der Waals surface area contributed by atoms with Gasteiger partial charge in [-0.15, -0.1) is 11.3 Å². The average molecular weight is 380 g/mol. The molecule has 0 unspecified atom stereocenters. The minimum Gasteiger partial charge on any atom is -0.618 e. The number of hydrogen-bond donors (Lipinski definition) is 1. The molecular formula is C16H11Cl2N3O2S. The number of carbonyl (C=O) groups excluding carboxylic acids is 1. The number of halogens is 2. The number of aromatic nitrogens is 2. The number of carbonyl (C=O) groups is 1. The summed E-state index contributed by atoms with van der Waals surface area (Å²) in [5.74, 6) is -0.346. The molecule has 0 aliphatic heterocycles. The van der Waals surface area contributed by atoms with Crippen LogP contribution >= 0.6 is 34.5 Å². The Morgan fingerprint density at radius 2 is 2.08 bits per heavy atom. The predicted octanol–water partition coefficient (Wildman–Crippen LogP) is 3.68. The number of hydrogen-bond acceptors (Lipinski definition) is 4. The van der Waals surface area contributed by atoms with Crippen LogP contribution < -0.4 is 10.0 Å². The van der Waals surface area contributed by atoms with E-state index in [0.717, 1.165) is 5.56 Å². The Morgan fingerprint density at radius 3 is 2.83 bits per heavy atom. The molecule has 0 spiro atoms. The van der Waals surface area contributed by atoms with Gasteiger partial charge in [-0.1, -0.05) is 29.3 Å². The maximum Gasteiger partial charge on any atom is 0.271 e. The molecule has 1 amide bonds. The molecule has 1 aromatic carbocycles. The normalized spacial score (nSPS) is 10.6. The van der Waals surface area contributed by atoms with Crippen LogP contribution in [-0.2, 0) is 6.54 Å². The molecule has 5 nitrogen and oxygen atoms in total. The van der Waals surface area contributed by atoms with Gasteiger partial charge in [0.05, 0.1) is 10.0 Å². The smallest absolute Gasteiger partial charge is 0.271 e. The van der Waals surface area contributed by atoms with E-state index in [1.165, 1.54) is 17.5 Å². The molecule has 0 saturated heterocycles. The second-order valence-corrected chi connectivity index (χ2v) is 6.54. The molecule has 0 fully saturated rings. The number of rotatable bonds is 4. The summed E-state index contributed by atoms with van der Waals surface area (Å²) in [7, 11) is 0. The van der Waals surface area contributed by atoms with E-state index in [1.54, 1.807) is 41.8 Å². The molecule has 122 valence electrons. The van der Waals surface area contributed by atoms with Crippen LogP contribution in [0.1, 0.15) is 16.2 Å². The highest BCUT2D eigenvalue weighted by Crippen LogP contribution is 2.30. The molecule has 2 aromatic heterocycles. The van der Waals surface area contributed by atoms with Gasteiger partial charge in [0.25, 0.3) is 5.91 Å². The molecule has 0 aliphatic rings. The van der Waals surface area contributed by atoms with E-state index < -0.39 is 0 Å². The van der Waals surface area contributed by atoms with E-state index in [-0.39, 0.29) is 18.1 Å². The van der Waals surface area contributed by atoms with Crippen molar-refractivity contribution in [2.45, 2.75) is 6.54 Å². The summed E-state index contributed by atoms with van der Waals surface area (Å²) >= 11 is 13.2. The van der Waals surface area contributed by atoms with Gasteiger partial charge in [-0.05, 0) is 18.2 Å². The highest BCUT2D eigenvalue weighted by Gasteiger charge is 2.14. The minimum atomic E-state index is -0.346. The van der Waals surface area contributed by atoms with Crippen LogP contribution in [0.3, 0.4) is 0 Å². The monoisotopic (exact) mass is 379 g/mol. The Labute approximate surface area is 152 Å². The molecule has 0 aliphatic carbocycles. The second-order valence-electron chi connectivity index (χ2n) is 4.87. The maximum atomic E-state index is 12.2. The molecule has 3 rings (SSSR count). The summed E-state index contributed by atoms with van der Waals surface area (Å²) in [5.41, 5.74) is 1.52. The fourth-order valence-corrected chi connectivity index (χ4v) is 3.10. The van der Waals surface area contributed by atoms with Crippen molar-refractivity contribution in [1.29, 1.82) is 0 Å². The molecule has 0 radical (unpaired) electrons. The molecule has 3 aromatic rings. The van der Waals surface area contributed by atoms with Crippen LogP contribution in [0.2, 0.25) is 10.0 Å². The van der Waals surface area contributed by atoms with Crippen molar-refractivity contribution >= 4 is 40.4 Å². The Morgan fingerprint density at radius 1 is 1.25 bits per heavy atom. The number of thiazole rings is 1. The van der Waals surface area contributed by atoms with Crippen molar-refractivity contribution in [2.75, 3.05) is 0 Å². The van der Waals surface area contributed by atoms with Crippen molar-refractivity contribution in [2.24, 2.45) is 0 Å². The van der Waals surface area contributed by atoms with Crippen molar-refractivity contribution in [3.05, 3.63) is 74.6 Å². The first-order chi connectivity index (χ1) is 11.5. The Hall–Kier alpha value is -2.15. The molecule has 1 N–H and O–H groups in total. The van der Waals surface area contributed by atoms with E-state index in [9.17, 15) is 10.0 Å². The molecule has 2 heterocycles. The number of benzene rings is 1. The highest BCUT2D eigenvalue weighted by molar-refractivity contribution is 7.13. The SMILES string of the molecule is O=C(NCc1cccc[n+]1[O-])c1csc(-c2ccc(Cl)c(Cl)c2)n1. The lowest BCUT2D eigenvalue weighted by Crippen LogP contribution is -2.35. The van der Waals surface area contributed by atoms with Gasteiger partial charge in [0.2, 0.25) is 5.69 Å². The van der Waals surface area contributed by atoms with Crippen molar-refractivity contribution < 1.29 is 9.52 Å². The average Bonchev–Trinajstić information content (AvgIpc) is 3.06. The van der Waals surface area contributed by atoms with Crippen molar-refractivity contribution in [3.63, 3.8) is 0 Å². The van der Waals surface area contributed by atoms with Crippen LogP contribution in [0.15, 0.2) is 48.0 Å². The van der Waals surface area contributed by atoms with E-state index >= 15 is 0 Å². The van der Waals surface area contributed by atoms with E-state index in [4.69, 9.17) is 23.2 Å². The van der Waals surface area contributed by atoms with Crippen LogP contribution in [0.5, 0.6) is 0 Å². The predicted molar refractivity (Wildman–Crippen MR) is 94.1 cm³/mol. The quantitative estimate of drug-likeness (QED) is 0.555. The van der Waals surface area contributed by atoms with E-state index in [1.807, 2.05) is 0 Å². The van der Waals surface area contributed by atoms with Gasteiger partial charge in [0, 0.05) is 23.1 Å². The molecular weight excluding hydrogens is 369 g/mol. The fraction of sp³-hybridized carbons (Fsp3) is 0.0625. The first-order valence-electron chi connectivity index (χ1n) is 6.91. The van der Waals surface area contributed by atoms with Crippen LogP contribution in [0.4, 0.5) is 0 Å². The Bertz CT molecular complexity index is 899. The van der Waals surface area contributed by atoms with Gasteiger partial charge >= 0.3 is 0 Å². The van der Waals surface area contributed by atoms with Crippen LogP contribution in [-0.4, -0.2) is 10.9 Å². The van der Waals surface area contributed by atoms with Gasteiger partial charge < -0.3 is 10.5 Å². The first-order valence-corrected chi connectivity index (χ1v) is 8.54. The van der Waals surface area contributed by atoms with Crippen molar-refractivity contribution in [3.8, 4) is 10.6 Å². The lowest BCUT2D eigenvalue weighted by atomic mass is 10.2. The summed E-state index contributed by atoms with van der Waals surface area (Å²) in [6.07, 6.45) is 1.38. The van der Waals surface area contributed by atoms with Gasteiger partial charge in [0.1, 0.15) is 17.2 Å². The third-order valence-electron chi connectivity index (χ3n) is 3.24. The minimum absolute atomic E-state index is 0.128. The lowest BCUT2D eigenvalue weighted by molar-refractivity contribution is -0.614. The first kappa shape index (κ1) is 16.7. The summed E-state index contributed by atoms with van der Waals surface area (Å²) in [6.45, 7) is 0.128. The summed E-state index contributed by atoms with van der Waals surface area (Å²) in [4.78, 5) is 16.5. The van der Waals surface area contributed by atoms with Gasteiger partial charge in [-0.3, -0.25) is 4.79 Å². The molecule has 0 saturated carbocycles. The highest BCUT2D eigenvalue weighted by atomic mass is 35.5. The number of pyridine rings is 1. The zero-order valence-electron chi connectivity index (χ0n) is 12.2. The van der Waals surface area contributed by atoms with Gasteiger partial charge in [-0.25, -0.2) is 4.98 Å². The maximum absolute atomic E-state index is 12.2.